The molecule has 0 heterocycles. The largest absolute Gasteiger partial charge is 0.420 e. The summed E-state index contributed by atoms with van der Waals surface area (Å²) in [7, 11) is 0. The van der Waals surface area contributed by atoms with Gasteiger partial charge in [-0.15, -0.1) is 0 Å². The molecule has 16 heavy (non-hydrogen) atoms. The van der Waals surface area contributed by atoms with E-state index in [0.29, 0.717) is 0 Å². The van der Waals surface area contributed by atoms with E-state index in [2.05, 4.69) is 17.9 Å². The molecular formula is C12H10F2O2. The Labute approximate surface area is 91.8 Å². The predicted molar refractivity (Wildman–Crippen MR) is 56.9 cm³/mol. The van der Waals surface area contributed by atoms with Gasteiger partial charge in [0, 0.05) is 11.1 Å². The van der Waals surface area contributed by atoms with E-state index < -0.39 is 23.4 Å². The van der Waals surface area contributed by atoms with Crippen molar-refractivity contribution in [1.82, 2.24) is 0 Å². The molecule has 1 aromatic rings. The molecule has 0 amide bonds. The predicted octanol–water partition coefficient (Wildman–Crippen LogP) is 3.09. The normalized spacial score (nSPS) is 9.69. The topological polar surface area (TPSA) is 26.3 Å². The fourth-order valence-electron chi connectivity index (χ4n) is 0.970. The molecule has 0 saturated heterocycles. The van der Waals surface area contributed by atoms with Crippen LogP contribution in [-0.2, 0) is 4.79 Å². The van der Waals surface area contributed by atoms with Gasteiger partial charge in [0.2, 0.25) is 5.82 Å². The lowest BCUT2D eigenvalue weighted by Crippen LogP contribution is -2.10. The maximum Gasteiger partial charge on any atom is 0.338 e. The van der Waals surface area contributed by atoms with Gasteiger partial charge in [-0.05, 0) is 19.1 Å². The van der Waals surface area contributed by atoms with Crippen molar-refractivity contribution in [1.29, 1.82) is 0 Å². The lowest BCUT2D eigenvalue weighted by Gasteiger charge is -2.06. The summed E-state index contributed by atoms with van der Waals surface area (Å²) in [4.78, 5) is 11.1. The zero-order valence-electron chi connectivity index (χ0n) is 8.72. The molecule has 0 aliphatic carbocycles. The average Bonchev–Trinajstić information content (AvgIpc) is 2.25. The van der Waals surface area contributed by atoms with Crippen LogP contribution in [0.1, 0.15) is 12.5 Å². The Kier molecular flexibility index (Phi) is 3.55. The van der Waals surface area contributed by atoms with E-state index in [1.54, 1.807) is 0 Å². The maximum atomic E-state index is 13.3. The molecule has 1 aromatic carbocycles. The van der Waals surface area contributed by atoms with Crippen LogP contribution in [-0.4, -0.2) is 5.97 Å². The van der Waals surface area contributed by atoms with Crippen LogP contribution in [0.3, 0.4) is 0 Å². The Bertz CT molecular complexity index is 464. The highest BCUT2D eigenvalue weighted by molar-refractivity contribution is 5.88. The second-order valence-corrected chi connectivity index (χ2v) is 3.15. The second-order valence-electron chi connectivity index (χ2n) is 3.15. The van der Waals surface area contributed by atoms with Gasteiger partial charge < -0.3 is 4.74 Å². The van der Waals surface area contributed by atoms with Gasteiger partial charge in [0.15, 0.2) is 11.6 Å². The van der Waals surface area contributed by atoms with E-state index in [4.69, 9.17) is 0 Å². The molecule has 0 bridgehead atoms. The van der Waals surface area contributed by atoms with Crippen molar-refractivity contribution in [2.75, 3.05) is 0 Å². The van der Waals surface area contributed by atoms with Crippen molar-refractivity contribution in [2.45, 2.75) is 6.92 Å². The van der Waals surface area contributed by atoms with Crippen LogP contribution in [0.2, 0.25) is 0 Å². The van der Waals surface area contributed by atoms with Crippen molar-refractivity contribution in [3.8, 4) is 5.75 Å². The van der Waals surface area contributed by atoms with Crippen LogP contribution in [0.25, 0.3) is 6.08 Å². The average molecular weight is 224 g/mol. The van der Waals surface area contributed by atoms with E-state index in [1.807, 2.05) is 0 Å². The minimum absolute atomic E-state index is 0.00706. The Hall–Kier alpha value is -1.97. The minimum Gasteiger partial charge on any atom is -0.420 e. The van der Waals surface area contributed by atoms with Crippen molar-refractivity contribution in [3.63, 3.8) is 0 Å². The number of carbonyl (C=O) groups is 1. The molecule has 0 aliphatic heterocycles. The first-order valence-electron chi connectivity index (χ1n) is 4.45. The molecule has 4 heteroatoms. The lowest BCUT2D eigenvalue weighted by molar-refractivity contribution is -0.130. The lowest BCUT2D eigenvalue weighted by atomic mass is 10.2. The number of halogens is 2. The molecule has 2 nitrogen and oxygen atoms in total. The number of rotatable bonds is 3. The highest BCUT2D eigenvalue weighted by Gasteiger charge is 2.15. The zero-order chi connectivity index (χ0) is 12.3. The third-order valence-electron chi connectivity index (χ3n) is 1.85. The highest BCUT2D eigenvalue weighted by atomic mass is 19.2. The number of ether oxygens (including phenoxy) is 1. The first kappa shape index (κ1) is 12.1. The van der Waals surface area contributed by atoms with E-state index in [-0.39, 0.29) is 11.1 Å². The fraction of sp³-hybridized carbons (Fsp3) is 0.0833. The second kappa shape index (κ2) is 4.70. The summed E-state index contributed by atoms with van der Waals surface area (Å²) in [5.74, 6) is -3.57. The van der Waals surface area contributed by atoms with E-state index in [9.17, 15) is 13.6 Å². The summed E-state index contributed by atoms with van der Waals surface area (Å²) in [6.45, 7) is 8.06. The van der Waals surface area contributed by atoms with Gasteiger partial charge in [-0.2, -0.15) is 4.39 Å². The summed E-state index contributed by atoms with van der Waals surface area (Å²) >= 11 is 0. The summed E-state index contributed by atoms with van der Waals surface area (Å²) in [5, 5.41) is 0. The molecule has 0 aliphatic rings. The number of benzene rings is 1. The minimum atomic E-state index is -1.22. The number of carbonyl (C=O) groups excluding carboxylic acids is 1. The van der Waals surface area contributed by atoms with Gasteiger partial charge >= 0.3 is 5.97 Å². The van der Waals surface area contributed by atoms with Gasteiger partial charge in [-0.25, -0.2) is 9.18 Å². The van der Waals surface area contributed by atoms with Gasteiger partial charge in [0.1, 0.15) is 0 Å². The van der Waals surface area contributed by atoms with Gasteiger partial charge in [-0.1, -0.05) is 19.2 Å². The molecule has 0 N–H and O–H groups in total. The molecule has 0 aromatic heterocycles. The first-order chi connectivity index (χ1) is 7.47. The molecule has 0 spiro atoms. The monoisotopic (exact) mass is 224 g/mol. The first-order valence-corrected chi connectivity index (χ1v) is 4.45. The summed E-state index contributed by atoms with van der Waals surface area (Å²) < 4.78 is 31.2. The Balaban J connectivity index is 3.08. The van der Waals surface area contributed by atoms with Crippen molar-refractivity contribution in [3.05, 3.63) is 48.1 Å². The Morgan fingerprint density at radius 2 is 2.00 bits per heavy atom. The summed E-state index contributed by atoms with van der Waals surface area (Å²) in [6.07, 6.45) is 1.17. The fourth-order valence-corrected chi connectivity index (χ4v) is 0.970. The van der Waals surface area contributed by atoms with Crippen LogP contribution < -0.4 is 4.74 Å². The van der Waals surface area contributed by atoms with Crippen molar-refractivity contribution in [2.24, 2.45) is 0 Å². The number of hydrogen-bond donors (Lipinski definition) is 0. The van der Waals surface area contributed by atoms with Gasteiger partial charge in [0.25, 0.3) is 0 Å². The van der Waals surface area contributed by atoms with Crippen LogP contribution >= 0.6 is 0 Å². The molecule has 1 rings (SSSR count). The zero-order valence-corrected chi connectivity index (χ0v) is 8.72. The molecule has 0 atom stereocenters. The smallest absolute Gasteiger partial charge is 0.338 e. The van der Waals surface area contributed by atoms with Crippen molar-refractivity contribution >= 4 is 12.0 Å². The molecule has 0 fully saturated rings. The van der Waals surface area contributed by atoms with Crippen LogP contribution in [0.15, 0.2) is 30.9 Å². The van der Waals surface area contributed by atoms with Gasteiger partial charge in [-0.3, -0.25) is 0 Å². The van der Waals surface area contributed by atoms with Crippen LogP contribution in [0.4, 0.5) is 8.78 Å². The molecule has 0 saturated carbocycles. The van der Waals surface area contributed by atoms with Crippen LogP contribution in [0.5, 0.6) is 5.75 Å². The van der Waals surface area contributed by atoms with E-state index >= 15 is 0 Å². The third-order valence-corrected chi connectivity index (χ3v) is 1.85. The maximum absolute atomic E-state index is 13.3. The Morgan fingerprint density at radius 3 is 2.50 bits per heavy atom. The molecule has 0 radical (unpaired) electrons. The molecule has 0 unspecified atom stereocenters. The van der Waals surface area contributed by atoms with Crippen molar-refractivity contribution < 1.29 is 18.3 Å². The van der Waals surface area contributed by atoms with E-state index in [0.717, 1.165) is 6.07 Å². The summed E-state index contributed by atoms with van der Waals surface area (Å²) in [6, 6.07) is 2.43. The van der Waals surface area contributed by atoms with Crippen LogP contribution in [0, 0.1) is 11.6 Å². The van der Waals surface area contributed by atoms with Gasteiger partial charge in [0.05, 0.1) is 0 Å². The molecular weight excluding hydrogens is 214 g/mol. The standard InChI is InChI=1S/C12H10F2O2/c1-4-8-5-6-9(11(14)10(8)13)16-12(15)7(2)3/h4-6H,1-2H2,3H3. The molecule has 84 valence electrons. The summed E-state index contributed by atoms with van der Waals surface area (Å²) in [5.41, 5.74) is 0.111. The SMILES string of the molecule is C=Cc1ccc(OC(=O)C(=C)C)c(F)c1F. The third kappa shape index (κ3) is 2.34. The highest BCUT2D eigenvalue weighted by Crippen LogP contribution is 2.23. The van der Waals surface area contributed by atoms with E-state index in [1.165, 1.54) is 19.1 Å². The number of hydrogen-bond acceptors (Lipinski definition) is 2. The quantitative estimate of drug-likeness (QED) is 0.448. The number of esters is 1. The Morgan fingerprint density at radius 1 is 1.38 bits per heavy atom.